The summed E-state index contributed by atoms with van der Waals surface area (Å²) in [7, 11) is 0. The van der Waals surface area contributed by atoms with Crippen LogP contribution in [0.25, 0.3) is 0 Å². The van der Waals surface area contributed by atoms with E-state index < -0.39 is 0 Å². The molecule has 1 aromatic heterocycles. The van der Waals surface area contributed by atoms with E-state index in [4.69, 9.17) is 0 Å². The summed E-state index contributed by atoms with van der Waals surface area (Å²) >= 11 is 0. The van der Waals surface area contributed by atoms with Crippen molar-refractivity contribution in [1.82, 2.24) is 9.97 Å². The first-order chi connectivity index (χ1) is 4.18. The topological polar surface area (TPSA) is 25.8 Å². The fraction of sp³-hybridized carbons (Fsp3) is 0.500. The Morgan fingerprint density at radius 1 is 1.00 bits per heavy atom. The van der Waals surface area contributed by atoms with E-state index in [0.29, 0.717) is 0 Å². The van der Waals surface area contributed by atoms with Crippen LogP contribution in [0.5, 0.6) is 0 Å². The van der Waals surface area contributed by atoms with E-state index in [0.717, 1.165) is 17.2 Å². The van der Waals surface area contributed by atoms with Crippen molar-refractivity contribution in [2.75, 3.05) is 0 Å². The Morgan fingerprint density at radius 2 is 1.40 bits per heavy atom. The molecule has 10 heavy (non-hydrogen) atoms. The van der Waals surface area contributed by atoms with Crippen LogP contribution in [0.1, 0.15) is 24.6 Å². The van der Waals surface area contributed by atoms with Crippen molar-refractivity contribution in [3.8, 4) is 0 Å². The van der Waals surface area contributed by atoms with Crippen LogP contribution in [-0.4, -0.2) is 9.97 Å². The van der Waals surface area contributed by atoms with Crippen LogP contribution in [-0.2, 0) is 0 Å². The number of rotatable bonds is 0. The van der Waals surface area contributed by atoms with Crippen molar-refractivity contribution in [2.45, 2.75) is 28.2 Å². The SMILES string of the molecule is C.Cc1cc(C)nc(C)n1. The summed E-state index contributed by atoms with van der Waals surface area (Å²) in [4.78, 5) is 8.25. The summed E-state index contributed by atoms with van der Waals surface area (Å²) in [5.41, 5.74) is 2.08. The van der Waals surface area contributed by atoms with Crippen LogP contribution >= 0.6 is 0 Å². The van der Waals surface area contributed by atoms with Crippen LogP contribution < -0.4 is 0 Å². The Bertz CT molecular complexity index is 168. The Morgan fingerprint density at radius 3 is 1.70 bits per heavy atom. The Kier molecular flexibility index (Phi) is 3.00. The van der Waals surface area contributed by atoms with Gasteiger partial charge in [-0.15, -0.1) is 0 Å². The van der Waals surface area contributed by atoms with Gasteiger partial charge in [-0.2, -0.15) is 0 Å². The van der Waals surface area contributed by atoms with E-state index >= 15 is 0 Å². The van der Waals surface area contributed by atoms with E-state index in [-0.39, 0.29) is 7.43 Å². The van der Waals surface area contributed by atoms with E-state index in [2.05, 4.69) is 9.97 Å². The highest BCUT2D eigenvalue weighted by molar-refractivity contribution is 5.07. The number of nitrogens with zero attached hydrogens (tertiary/aromatic N) is 2. The smallest absolute Gasteiger partial charge is 0.125 e. The first-order valence-electron chi connectivity index (χ1n) is 2.97. The van der Waals surface area contributed by atoms with Gasteiger partial charge in [-0.05, 0) is 26.8 Å². The van der Waals surface area contributed by atoms with Gasteiger partial charge in [0.05, 0.1) is 0 Å². The van der Waals surface area contributed by atoms with Gasteiger partial charge in [0.15, 0.2) is 0 Å². The summed E-state index contributed by atoms with van der Waals surface area (Å²) in [6.07, 6.45) is 0. The molecule has 0 amide bonds. The molecule has 0 N–H and O–H groups in total. The van der Waals surface area contributed by atoms with Crippen molar-refractivity contribution in [3.63, 3.8) is 0 Å². The maximum Gasteiger partial charge on any atom is 0.125 e. The second-order valence-electron chi connectivity index (χ2n) is 2.20. The van der Waals surface area contributed by atoms with Gasteiger partial charge in [-0.1, -0.05) is 7.43 Å². The molecule has 2 heteroatoms. The third kappa shape index (κ3) is 2.13. The molecule has 2 nitrogen and oxygen atoms in total. The molecule has 0 unspecified atom stereocenters. The number of hydrogen-bond acceptors (Lipinski definition) is 2. The van der Waals surface area contributed by atoms with E-state index in [1.54, 1.807) is 0 Å². The fourth-order valence-electron chi connectivity index (χ4n) is 0.902. The third-order valence-corrected chi connectivity index (χ3v) is 1.09. The Labute approximate surface area is 62.3 Å². The molecular formula is C8H14N2. The highest BCUT2D eigenvalue weighted by atomic mass is 14.9. The molecule has 56 valence electrons. The van der Waals surface area contributed by atoms with Crippen molar-refractivity contribution in [3.05, 3.63) is 23.3 Å². The lowest BCUT2D eigenvalue weighted by Gasteiger charge is -1.95. The van der Waals surface area contributed by atoms with E-state index in [1.165, 1.54) is 0 Å². The predicted octanol–water partition coefficient (Wildman–Crippen LogP) is 2.04. The number of aryl methyl sites for hydroxylation is 3. The molecule has 0 fully saturated rings. The number of aromatic nitrogens is 2. The van der Waals surface area contributed by atoms with Gasteiger partial charge in [0.1, 0.15) is 5.82 Å². The zero-order chi connectivity index (χ0) is 6.85. The highest BCUT2D eigenvalue weighted by Gasteiger charge is 1.90. The molecule has 0 bridgehead atoms. The largest absolute Gasteiger partial charge is 0.239 e. The molecular weight excluding hydrogens is 124 g/mol. The molecule has 1 rings (SSSR count). The lowest BCUT2D eigenvalue weighted by molar-refractivity contribution is 0.976. The summed E-state index contributed by atoms with van der Waals surface area (Å²) in [6, 6.07) is 1.97. The molecule has 0 atom stereocenters. The molecule has 0 aliphatic carbocycles. The summed E-state index contributed by atoms with van der Waals surface area (Å²) < 4.78 is 0. The van der Waals surface area contributed by atoms with E-state index in [1.807, 2.05) is 26.8 Å². The molecule has 0 aromatic carbocycles. The van der Waals surface area contributed by atoms with Gasteiger partial charge in [0.2, 0.25) is 0 Å². The maximum atomic E-state index is 4.12. The normalized spacial score (nSPS) is 8.70. The molecule has 0 spiro atoms. The molecule has 0 aliphatic heterocycles. The zero-order valence-electron chi connectivity index (χ0n) is 5.97. The molecule has 1 heterocycles. The summed E-state index contributed by atoms with van der Waals surface area (Å²) in [6.45, 7) is 5.85. The minimum Gasteiger partial charge on any atom is -0.239 e. The molecule has 0 saturated heterocycles. The Balaban J connectivity index is 0.000000810. The van der Waals surface area contributed by atoms with E-state index in [9.17, 15) is 0 Å². The van der Waals surface area contributed by atoms with Crippen LogP contribution in [0.3, 0.4) is 0 Å². The molecule has 1 aromatic rings. The molecule has 0 radical (unpaired) electrons. The average Bonchev–Trinajstić information content (AvgIpc) is 1.59. The Hall–Kier alpha value is -0.920. The van der Waals surface area contributed by atoms with Crippen LogP contribution in [0, 0.1) is 20.8 Å². The van der Waals surface area contributed by atoms with Gasteiger partial charge in [0.25, 0.3) is 0 Å². The third-order valence-electron chi connectivity index (χ3n) is 1.09. The minimum absolute atomic E-state index is 0. The van der Waals surface area contributed by atoms with Crippen molar-refractivity contribution < 1.29 is 0 Å². The average molecular weight is 138 g/mol. The van der Waals surface area contributed by atoms with Gasteiger partial charge in [-0.25, -0.2) is 9.97 Å². The van der Waals surface area contributed by atoms with Crippen molar-refractivity contribution in [1.29, 1.82) is 0 Å². The van der Waals surface area contributed by atoms with Gasteiger partial charge in [0, 0.05) is 11.4 Å². The molecule has 0 aliphatic rings. The number of hydrogen-bond donors (Lipinski definition) is 0. The first-order valence-corrected chi connectivity index (χ1v) is 2.97. The van der Waals surface area contributed by atoms with Crippen molar-refractivity contribution in [2.24, 2.45) is 0 Å². The predicted molar refractivity (Wildman–Crippen MR) is 43.0 cm³/mol. The minimum atomic E-state index is 0. The fourth-order valence-corrected chi connectivity index (χ4v) is 0.902. The lowest BCUT2D eigenvalue weighted by atomic mass is 10.3. The van der Waals surface area contributed by atoms with Crippen LogP contribution in [0.15, 0.2) is 6.07 Å². The van der Waals surface area contributed by atoms with Crippen molar-refractivity contribution >= 4 is 0 Å². The molecule has 0 saturated carbocycles. The summed E-state index contributed by atoms with van der Waals surface area (Å²) in [5, 5.41) is 0. The maximum absolute atomic E-state index is 4.12. The quantitative estimate of drug-likeness (QED) is 0.548. The first kappa shape index (κ1) is 9.08. The lowest BCUT2D eigenvalue weighted by Crippen LogP contribution is -1.91. The second-order valence-corrected chi connectivity index (χ2v) is 2.20. The summed E-state index contributed by atoms with van der Waals surface area (Å²) in [5.74, 6) is 0.854. The standard InChI is InChI=1S/C7H10N2.CH4/c1-5-4-6(2)9-7(3)8-5;/h4H,1-3H3;1H4. The highest BCUT2D eigenvalue weighted by Crippen LogP contribution is 1.96. The van der Waals surface area contributed by atoms with Crippen LogP contribution in [0.4, 0.5) is 0 Å². The van der Waals surface area contributed by atoms with Gasteiger partial charge in [-0.3, -0.25) is 0 Å². The van der Waals surface area contributed by atoms with Crippen LogP contribution in [0.2, 0.25) is 0 Å². The van der Waals surface area contributed by atoms with Gasteiger partial charge >= 0.3 is 0 Å². The second kappa shape index (κ2) is 3.30. The van der Waals surface area contributed by atoms with Gasteiger partial charge < -0.3 is 0 Å². The zero-order valence-corrected chi connectivity index (χ0v) is 5.97. The monoisotopic (exact) mass is 138 g/mol.